The van der Waals surface area contributed by atoms with Crippen LogP contribution < -0.4 is 4.90 Å². The summed E-state index contributed by atoms with van der Waals surface area (Å²) in [6.45, 7) is 1.40. The Labute approximate surface area is 184 Å². The van der Waals surface area contributed by atoms with Gasteiger partial charge in [-0.2, -0.15) is 13.2 Å². The van der Waals surface area contributed by atoms with Gasteiger partial charge in [0.1, 0.15) is 5.69 Å². The Hall–Kier alpha value is -2.57. The standard InChI is InChI=1S/C18H14ClF3N4O3S2/c1-3-31(28,29)13-8-11(10-5-4-6-12(19)7-10)9-23-14(13)15(27)26(2)17-25-24-16(30-17)18(20,21)22/h4-9H,3H2,1-2H3. The molecule has 3 rings (SSSR count). The van der Waals surface area contributed by atoms with E-state index in [1.807, 2.05) is 0 Å². The number of rotatable bonds is 5. The fraction of sp³-hybridized carbons (Fsp3) is 0.222. The first kappa shape index (κ1) is 23.1. The van der Waals surface area contributed by atoms with Crippen molar-refractivity contribution in [1.82, 2.24) is 15.2 Å². The fourth-order valence-electron chi connectivity index (χ4n) is 2.53. The summed E-state index contributed by atoms with van der Waals surface area (Å²) < 4.78 is 63.7. The highest BCUT2D eigenvalue weighted by Crippen LogP contribution is 2.35. The van der Waals surface area contributed by atoms with E-state index in [4.69, 9.17) is 11.6 Å². The topological polar surface area (TPSA) is 93.1 Å². The Morgan fingerprint density at radius 2 is 1.90 bits per heavy atom. The van der Waals surface area contributed by atoms with Crippen molar-refractivity contribution in [2.75, 3.05) is 17.7 Å². The third-order valence-electron chi connectivity index (χ3n) is 4.18. The van der Waals surface area contributed by atoms with Gasteiger partial charge in [0.15, 0.2) is 9.84 Å². The molecule has 7 nitrogen and oxygen atoms in total. The maximum atomic E-state index is 12.9. The highest BCUT2D eigenvalue weighted by Gasteiger charge is 2.37. The number of amides is 1. The Morgan fingerprint density at radius 3 is 2.48 bits per heavy atom. The van der Waals surface area contributed by atoms with Crippen LogP contribution in [-0.4, -0.2) is 42.3 Å². The number of carbonyl (C=O) groups excluding carboxylic acids is 1. The summed E-state index contributed by atoms with van der Waals surface area (Å²) in [5.41, 5.74) is 0.557. The van der Waals surface area contributed by atoms with Gasteiger partial charge >= 0.3 is 6.18 Å². The van der Waals surface area contributed by atoms with Crippen molar-refractivity contribution in [3.05, 3.63) is 52.3 Å². The van der Waals surface area contributed by atoms with Crippen LogP contribution in [0.1, 0.15) is 22.4 Å². The molecule has 0 unspecified atom stereocenters. The maximum Gasteiger partial charge on any atom is 0.445 e. The molecule has 0 radical (unpaired) electrons. The van der Waals surface area contributed by atoms with Crippen LogP contribution in [0.4, 0.5) is 18.3 Å². The highest BCUT2D eigenvalue weighted by atomic mass is 35.5. The van der Waals surface area contributed by atoms with Crippen LogP contribution in [0.25, 0.3) is 11.1 Å². The zero-order valence-electron chi connectivity index (χ0n) is 16.0. The number of carbonyl (C=O) groups is 1. The Kier molecular flexibility index (Phi) is 6.35. The van der Waals surface area contributed by atoms with Crippen molar-refractivity contribution in [1.29, 1.82) is 0 Å². The Balaban J connectivity index is 2.07. The SMILES string of the molecule is CCS(=O)(=O)c1cc(-c2cccc(Cl)c2)cnc1C(=O)N(C)c1nnc(C(F)(F)F)s1. The van der Waals surface area contributed by atoms with Gasteiger partial charge in [0.25, 0.3) is 5.91 Å². The van der Waals surface area contributed by atoms with Crippen molar-refractivity contribution < 1.29 is 26.4 Å². The van der Waals surface area contributed by atoms with Gasteiger partial charge < -0.3 is 0 Å². The van der Waals surface area contributed by atoms with Gasteiger partial charge in [0, 0.05) is 23.8 Å². The van der Waals surface area contributed by atoms with Gasteiger partial charge in [0.2, 0.25) is 10.1 Å². The number of benzene rings is 1. The molecule has 13 heteroatoms. The van der Waals surface area contributed by atoms with E-state index in [-0.39, 0.29) is 27.1 Å². The molecule has 164 valence electrons. The van der Waals surface area contributed by atoms with Gasteiger partial charge in [-0.25, -0.2) is 13.4 Å². The number of nitrogens with zero attached hydrogens (tertiary/aromatic N) is 4. The third kappa shape index (κ3) is 4.86. The lowest BCUT2D eigenvalue weighted by Crippen LogP contribution is -2.29. The van der Waals surface area contributed by atoms with Crippen molar-refractivity contribution in [3.63, 3.8) is 0 Å². The quantitative estimate of drug-likeness (QED) is 0.528. The van der Waals surface area contributed by atoms with Crippen molar-refractivity contribution in [2.24, 2.45) is 0 Å². The smallest absolute Gasteiger partial charge is 0.284 e. The fourth-order valence-corrected chi connectivity index (χ4v) is 4.45. The molecule has 1 amide bonds. The van der Waals surface area contributed by atoms with E-state index in [2.05, 4.69) is 15.2 Å². The lowest BCUT2D eigenvalue weighted by atomic mass is 10.1. The minimum Gasteiger partial charge on any atom is -0.284 e. The third-order valence-corrected chi connectivity index (χ3v) is 7.20. The molecule has 2 aromatic heterocycles. The lowest BCUT2D eigenvalue weighted by Gasteiger charge is -2.16. The number of pyridine rings is 1. The Morgan fingerprint density at radius 1 is 1.19 bits per heavy atom. The van der Waals surface area contributed by atoms with Crippen LogP contribution >= 0.6 is 22.9 Å². The van der Waals surface area contributed by atoms with E-state index in [1.165, 1.54) is 19.2 Å². The van der Waals surface area contributed by atoms with Crippen LogP contribution in [0.5, 0.6) is 0 Å². The summed E-state index contributed by atoms with van der Waals surface area (Å²) in [5.74, 6) is -1.25. The molecule has 31 heavy (non-hydrogen) atoms. The van der Waals surface area contributed by atoms with Crippen molar-refractivity contribution in [2.45, 2.75) is 18.0 Å². The maximum absolute atomic E-state index is 12.9. The van der Waals surface area contributed by atoms with Gasteiger partial charge in [-0.1, -0.05) is 42.0 Å². The van der Waals surface area contributed by atoms with Crippen LogP contribution in [0.2, 0.25) is 5.02 Å². The van der Waals surface area contributed by atoms with E-state index in [9.17, 15) is 26.4 Å². The molecule has 0 aliphatic carbocycles. The number of hydrogen-bond donors (Lipinski definition) is 0. The second-order valence-electron chi connectivity index (χ2n) is 6.24. The summed E-state index contributed by atoms with van der Waals surface area (Å²) in [4.78, 5) is 17.4. The van der Waals surface area contributed by atoms with Crippen LogP contribution in [-0.2, 0) is 16.0 Å². The molecule has 0 saturated heterocycles. The average molecular weight is 491 g/mol. The first-order valence-electron chi connectivity index (χ1n) is 8.61. The van der Waals surface area contributed by atoms with Crippen LogP contribution in [0.15, 0.2) is 41.4 Å². The molecule has 1 aromatic carbocycles. The lowest BCUT2D eigenvalue weighted by molar-refractivity contribution is -0.138. The van der Waals surface area contributed by atoms with Crippen LogP contribution in [0, 0.1) is 0 Å². The zero-order valence-corrected chi connectivity index (χ0v) is 18.4. The minimum absolute atomic E-state index is 0.158. The summed E-state index contributed by atoms with van der Waals surface area (Å²) in [6, 6.07) is 7.91. The summed E-state index contributed by atoms with van der Waals surface area (Å²) in [6.07, 6.45) is -3.42. The molecule has 0 atom stereocenters. The van der Waals surface area contributed by atoms with Gasteiger partial charge in [-0.05, 0) is 23.8 Å². The second kappa shape index (κ2) is 8.52. The molecule has 3 aromatic rings. The summed E-state index contributed by atoms with van der Waals surface area (Å²) in [5, 5.41) is 5.26. The predicted molar refractivity (Wildman–Crippen MR) is 110 cm³/mol. The van der Waals surface area contributed by atoms with E-state index in [1.54, 1.807) is 24.3 Å². The van der Waals surface area contributed by atoms with Crippen LogP contribution in [0.3, 0.4) is 0 Å². The van der Waals surface area contributed by atoms with Crippen molar-refractivity contribution in [3.8, 4) is 11.1 Å². The normalized spacial score (nSPS) is 12.1. The molecular formula is C18H14ClF3N4O3S2. The van der Waals surface area contributed by atoms with Gasteiger partial charge in [-0.15, -0.1) is 10.2 Å². The predicted octanol–water partition coefficient (Wildman–Crippen LogP) is 4.34. The first-order chi connectivity index (χ1) is 14.4. The number of alkyl halides is 3. The van der Waals surface area contributed by atoms with E-state index in [0.29, 0.717) is 16.1 Å². The number of hydrogen-bond acceptors (Lipinski definition) is 7. The zero-order chi connectivity index (χ0) is 23.0. The largest absolute Gasteiger partial charge is 0.445 e. The molecule has 0 aliphatic heterocycles. The number of anilines is 1. The number of sulfone groups is 1. The summed E-state index contributed by atoms with van der Waals surface area (Å²) in [7, 11) is -2.74. The minimum atomic E-state index is -4.71. The van der Waals surface area contributed by atoms with E-state index in [0.717, 1.165) is 11.9 Å². The number of halogens is 4. The monoisotopic (exact) mass is 490 g/mol. The summed E-state index contributed by atoms with van der Waals surface area (Å²) >= 11 is 6.14. The molecule has 0 aliphatic rings. The van der Waals surface area contributed by atoms with Gasteiger partial charge in [-0.3, -0.25) is 9.69 Å². The first-order valence-corrected chi connectivity index (χ1v) is 11.5. The highest BCUT2D eigenvalue weighted by molar-refractivity contribution is 7.91. The van der Waals surface area contributed by atoms with Gasteiger partial charge in [0.05, 0.1) is 10.6 Å². The molecule has 0 fully saturated rings. The van der Waals surface area contributed by atoms with Crippen molar-refractivity contribution >= 4 is 43.8 Å². The molecule has 0 N–H and O–H groups in total. The molecule has 2 heterocycles. The average Bonchev–Trinajstić information content (AvgIpc) is 3.23. The molecule has 0 spiro atoms. The van der Waals surface area contributed by atoms with E-state index >= 15 is 0 Å². The Bertz CT molecular complexity index is 1250. The molecule has 0 bridgehead atoms. The molecule has 0 saturated carbocycles. The second-order valence-corrected chi connectivity index (χ2v) is 9.88. The number of aromatic nitrogens is 3. The molecular weight excluding hydrogens is 477 g/mol. The van der Waals surface area contributed by atoms with E-state index < -0.39 is 32.6 Å².